The molecule has 1 aliphatic rings. The van der Waals surface area contributed by atoms with Gasteiger partial charge in [-0.15, -0.1) is 15.6 Å². The van der Waals surface area contributed by atoms with Crippen molar-refractivity contribution in [2.75, 3.05) is 22.7 Å². The summed E-state index contributed by atoms with van der Waals surface area (Å²) in [6.45, 7) is 6.45. The van der Waals surface area contributed by atoms with E-state index in [1.807, 2.05) is 4.90 Å². The number of hydrogen-bond donors (Lipinski definition) is 1. The SMILES string of the molecule is CC(C)(C)OC(=O)N(c1cscn1)S(=O)(=O)c1c(F)cc(NCc2c(Cl)ccc(F)c2CN2CCC2)cc1F. The first-order valence-corrected chi connectivity index (χ1v) is 14.6. The zero-order chi connectivity index (χ0) is 28.5. The van der Waals surface area contributed by atoms with Gasteiger partial charge in [0, 0.05) is 34.7 Å². The van der Waals surface area contributed by atoms with Gasteiger partial charge < -0.3 is 10.1 Å². The van der Waals surface area contributed by atoms with Crippen molar-refractivity contribution < 1.29 is 31.1 Å². The highest BCUT2D eigenvalue weighted by Crippen LogP contribution is 2.32. The van der Waals surface area contributed by atoms with E-state index in [0.29, 0.717) is 17.7 Å². The Morgan fingerprint density at radius 1 is 1.15 bits per heavy atom. The quantitative estimate of drug-likeness (QED) is 0.330. The number of nitrogens with zero attached hydrogens (tertiary/aromatic N) is 3. The number of halogens is 4. The molecule has 0 aliphatic carbocycles. The predicted molar refractivity (Wildman–Crippen MR) is 143 cm³/mol. The molecule has 1 fully saturated rings. The van der Waals surface area contributed by atoms with Crippen LogP contribution in [-0.4, -0.2) is 43.1 Å². The zero-order valence-electron chi connectivity index (χ0n) is 21.3. The first-order chi connectivity index (χ1) is 18.3. The fraction of sp³-hybridized carbons (Fsp3) is 0.360. The number of hydrogen-bond acceptors (Lipinski definition) is 8. The van der Waals surface area contributed by atoms with E-state index in [2.05, 4.69) is 10.3 Å². The third-order valence-corrected chi connectivity index (χ3v) is 8.45. The second-order valence-electron chi connectivity index (χ2n) is 9.84. The fourth-order valence-electron chi connectivity index (χ4n) is 3.88. The minimum absolute atomic E-state index is 0.0758. The van der Waals surface area contributed by atoms with E-state index >= 15 is 8.78 Å². The second kappa shape index (κ2) is 11.3. The van der Waals surface area contributed by atoms with Crippen molar-refractivity contribution in [3.8, 4) is 0 Å². The van der Waals surface area contributed by atoms with E-state index in [0.717, 1.165) is 43.0 Å². The van der Waals surface area contributed by atoms with E-state index in [9.17, 15) is 17.6 Å². The highest BCUT2D eigenvalue weighted by molar-refractivity contribution is 7.93. The van der Waals surface area contributed by atoms with Gasteiger partial charge in [-0.2, -0.15) is 0 Å². The van der Waals surface area contributed by atoms with Crippen molar-refractivity contribution in [3.63, 3.8) is 0 Å². The van der Waals surface area contributed by atoms with Gasteiger partial charge >= 0.3 is 6.09 Å². The first kappa shape index (κ1) is 29.1. The summed E-state index contributed by atoms with van der Waals surface area (Å²) in [6, 6.07) is 4.20. The Hall–Kier alpha value is -2.87. The van der Waals surface area contributed by atoms with E-state index in [1.54, 1.807) is 0 Å². The van der Waals surface area contributed by atoms with Crippen LogP contribution in [0.2, 0.25) is 5.02 Å². The number of likely N-dealkylation sites (tertiary alicyclic amines) is 1. The molecule has 0 unspecified atom stereocenters. The molecule has 1 N–H and O–H groups in total. The number of carbonyl (C=O) groups excluding carboxylic acids is 1. The van der Waals surface area contributed by atoms with Crippen LogP contribution in [0.15, 0.2) is 40.1 Å². The lowest BCUT2D eigenvalue weighted by Gasteiger charge is -2.31. The average molecular weight is 603 g/mol. The van der Waals surface area contributed by atoms with E-state index in [1.165, 1.54) is 43.8 Å². The van der Waals surface area contributed by atoms with Crippen molar-refractivity contribution in [1.82, 2.24) is 9.88 Å². The summed E-state index contributed by atoms with van der Waals surface area (Å²) >= 11 is 7.29. The fourth-order valence-corrected chi connectivity index (χ4v) is 6.08. The van der Waals surface area contributed by atoms with Gasteiger partial charge in [0.15, 0.2) is 10.7 Å². The largest absolute Gasteiger partial charge is 0.443 e. The van der Waals surface area contributed by atoms with Crippen molar-refractivity contribution in [2.24, 2.45) is 0 Å². The van der Waals surface area contributed by atoms with Crippen LogP contribution in [-0.2, 0) is 27.8 Å². The molecule has 210 valence electrons. The molecule has 0 spiro atoms. The molecule has 39 heavy (non-hydrogen) atoms. The summed E-state index contributed by atoms with van der Waals surface area (Å²) in [7, 11) is -5.12. The van der Waals surface area contributed by atoms with Crippen LogP contribution in [0.1, 0.15) is 38.3 Å². The third kappa shape index (κ3) is 6.48. The normalized spacial score (nSPS) is 14.1. The predicted octanol–water partition coefficient (Wildman–Crippen LogP) is 6.16. The Bertz CT molecular complexity index is 1450. The number of aromatic nitrogens is 1. The zero-order valence-corrected chi connectivity index (χ0v) is 23.7. The third-order valence-electron chi connectivity index (χ3n) is 5.80. The first-order valence-electron chi connectivity index (χ1n) is 11.9. The van der Waals surface area contributed by atoms with Gasteiger partial charge in [0.2, 0.25) is 0 Å². The molecule has 3 aromatic rings. The number of carbonyl (C=O) groups is 1. The molecular weight excluding hydrogens is 577 g/mol. The minimum Gasteiger partial charge on any atom is -0.443 e. The summed E-state index contributed by atoms with van der Waals surface area (Å²) in [5, 5.41) is 4.29. The molecule has 1 amide bonds. The van der Waals surface area contributed by atoms with Gasteiger partial charge in [-0.25, -0.2) is 31.4 Å². The van der Waals surface area contributed by atoms with Gasteiger partial charge in [0.1, 0.15) is 23.1 Å². The maximum atomic E-state index is 15.2. The molecular formula is C25H26ClF3N4O4S2. The molecule has 1 aliphatic heterocycles. The molecule has 1 aromatic heterocycles. The Labute approximate surface area is 233 Å². The molecule has 0 radical (unpaired) electrons. The molecule has 1 saturated heterocycles. The lowest BCUT2D eigenvalue weighted by molar-refractivity contribution is 0.0608. The van der Waals surface area contributed by atoms with Crippen molar-refractivity contribution >= 4 is 50.6 Å². The summed E-state index contributed by atoms with van der Waals surface area (Å²) in [6.07, 6.45) is -0.359. The summed E-state index contributed by atoms with van der Waals surface area (Å²) in [4.78, 5) is 17.3. The van der Waals surface area contributed by atoms with E-state index < -0.39 is 44.1 Å². The number of thiazole rings is 1. The van der Waals surface area contributed by atoms with Crippen LogP contribution >= 0.6 is 22.9 Å². The second-order valence-corrected chi connectivity index (χ2v) is 12.7. The van der Waals surface area contributed by atoms with Crippen molar-refractivity contribution in [2.45, 2.75) is 50.8 Å². The van der Waals surface area contributed by atoms with Crippen LogP contribution in [0, 0.1) is 17.5 Å². The number of amides is 1. The van der Waals surface area contributed by atoms with Crippen LogP contribution in [0.5, 0.6) is 0 Å². The topological polar surface area (TPSA) is 91.8 Å². The molecule has 2 heterocycles. The Kier molecular flexibility index (Phi) is 8.45. The summed E-state index contributed by atoms with van der Waals surface area (Å²) < 4.78 is 77.1. The molecule has 0 atom stereocenters. The van der Waals surface area contributed by atoms with Crippen LogP contribution in [0.4, 0.5) is 29.5 Å². The van der Waals surface area contributed by atoms with Gasteiger partial charge in [-0.1, -0.05) is 11.6 Å². The Balaban J connectivity index is 1.64. The van der Waals surface area contributed by atoms with E-state index in [4.69, 9.17) is 16.3 Å². The van der Waals surface area contributed by atoms with Crippen LogP contribution in [0.3, 0.4) is 0 Å². The monoisotopic (exact) mass is 602 g/mol. The lowest BCUT2D eigenvalue weighted by atomic mass is 10.0. The van der Waals surface area contributed by atoms with Crippen molar-refractivity contribution in [3.05, 3.63) is 68.8 Å². The standard InChI is InChI=1S/C25H26ClF3N4O4S2/c1-25(2,3)37-24(34)33(22-13-38-14-31-22)39(35,36)23-20(28)9-15(10-21(23)29)30-11-16-17(12-32-7-4-8-32)19(27)6-5-18(16)26/h5-6,9-10,13-14,30H,4,7-8,11-12H2,1-3H3. The average Bonchev–Trinajstić information content (AvgIpc) is 3.29. The van der Waals surface area contributed by atoms with Crippen LogP contribution in [0.25, 0.3) is 0 Å². The molecule has 8 nitrogen and oxygen atoms in total. The molecule has 14 heteroatoms. The maximum absolute atomic E-state index is 15.2. The molecule has 4 rings (SSSR count). The summed E-state index contributed by atoms with van der Waals surface area (Å²) in [5.74, 6) is -3.73. The number of nitrogens with one attached hydrogen (secondary N) is 1. The molecule has 2 aromatic carbocycles. The number of rotatable bonds is 8. The van der Waals surface area contributed by atoms with Gasteiger partial charge in [0.25, 0.3) is 10.0 Å². The van der Waals surface area contributed by atoms with Crippen molar-refractivity contribution in [1.29, 1.82) is 0 Å². The number of benzene rings is 2. The van der Waals surface area contributed by atoms with E-state index in [-0.39, 0.29) is 27.4 Å². The lowest BCUT2D eigenvalue weighted by Crippen LogP contribution is -2.41. The highest BCUT2D eigenvalue weighted by atomic mass is 35.5. The van der Waals surface area contributed by atoms with Gasteiger partial charge in [-0.05, 0) is 70.1 Å². The minimum atomic E-state index is -5.12. The molecule has 0 saturated carbocycles. The number of ether oxygens (including phenoxy) is 1. The maximum Gasteiger partial charge on any atom is 0.430 e. The number of sulfonamides is 1. The Morgan fingerprint density at radius 2 is 1.82 bits per heavy atom. The highest BCUT2D eigenvalue weighted by Gasteiger charge is 2.39. The number of anilines is 2. The van der Waals surface area contributed by atoms with Gasteiger partial charge in [0.05, 0.1) is 5.51 Å². The summed E-state index contributed by atoms with van der Waals surface area (Å²) in [5.41, 5.74) is 0.831. The smallest absolute Gasteiger partial charge is 0.430 e. The Morgan fingerprint density at radius 3 is 2.36 bits per heavy atom. The van der Waals surface area contributed by atoms with Gasteiger partial charge in [-0.3, -0.25) is 4.90 Å². The molecule has 0 bridgehead atoms. The van der Waals surface area contributed by atoms with Crippen LogP contribution < -0.4 is 9.62 Å².